The molecule has 1 saturated carbocycles. The SMILES string of the molecule is CCCC(=O)C1CCC(CN2C(=O)CC(SCCC(=O)N(C)[C@@H](C)C(=O)O[C@H]3CC(=O)N(C)c4cc(cc(OC)c4Cl)C/C(C)=C/C=C/[C@@H](OC)C4C[C@H](OC(=O)N4)[C@@H](C)[C@@H]4O[C@H]43)C2=O)CC1. The van der Waals surface area contributed by atoms with Crippen molar-refractivity contribution in [3.8, 4) is 5.75 Å². The first-order valence-electron chi connectivity index (χ1n) is 23.5. The summed E-state index contributed by atoms with van der Waals surface area (Å²) in [5, 5.41) is 2.50. The lowest BCUT2D eigenvalue weighted by Gasteiger charge is -2.35. The summed E-state index contributed by atoms with van der Waals surface area (Å²) in [6.07, 6.45) is 6.94. The number of hydrogen-bond acceptors (Lipinski definition) is 13. The van der Waals surface area contributed by atoms with Gasteiger partial charge in [-0.3, -0.25) is 28.9 Å². The van der Waals surface area contributed by atoms with Crippen LogP contribution in [0.15, 0.2) is 35.9 Å². The quantitative estimate of drug-likeness (QED) is 0.126. The average molecular weight is 972 g/mol. The molecule has 5 amide bonds. The van der Waals surface area contributed by atoms with E-state index in [1.54, 1.807) is 14.2 Å². The molecule has 2 unspecified atom stereocenters. The number of likely N-dealkylation sites (tertiary alicyclic amines) is 1. The summed E-state index contributed by atoms with van der Waals surface area (Å²) in [5.74, 6) is -1.23. The van der Waals surface area contributed by atoms with Gasteiger partial charge in [0.25, 0.3) is 0 Å². The van der Waals surface area contributed by atoms with Gasteiger partial charge in [-0.1, -0.05) is 49.2 Å². The number of thioether (sulfide) groups is 1. The van der Waals surface area contributed by atoms with Crippen LogP contribution in [0.1, 0.15) is 97.5 Å². The molecule has 5 aliphatic rings. The maximum atomic E-state index is 14.2. The van der Waals surface area contributed by atoms with Gasteiger partial charge < -0.3 is 38.8 Å². The maximum absolute atomic E-state index is 14.2. The van der Waals surface area contributed by atoms with Crippen molar-refractivity contribution in [3.63, 3.8) is 0 Å². The number of nitrogens with one attached hydrogen (secondary N) is 1. The third-order valence-electron chi connectivity index (χ3n) is 14.0. The van der Waals surface area contributed by atoms with Gasteiger partial charge in [-0.2, -0.15) is 0 Å². The minimum Gasteiger partial charge on any atom is -0.495 e. The number of rotatable bonds is 14. The molecule has 4 heterocycles. The number of epoxide rings is 1. The van der Waals surface area contributed by atoms with Crippen LogP contribution in [0.2, 0.25) is 5.02 Å². The Balaban J connectivity index is 1.11. The number of amides is 5. The van der Waals surface area contributed by atoms with E-state index < -0.39 is 65.8 Å². The molecule has 0 radical (unpaired) electrons. The Bertz CT molecular complexity index is 2090. The van der Waals surface area contributed by atoms with E-state index in [1.165, 1.54) is 47.5 Å². The Hall–Kier alpha value is -4.45. The summed E-state index contributed by atoms with van der Waals surface area (Å²) in [5.41, 5.74) is 2.22. The van der Waals surface area contributed by atoms with Crippen molar-refractivity contribution in [3.05, 3.63) is 46.5 Å². The average Bonchev–Trinajstić information content (AvgIpc) is 4.06. The number of Topliss-reactive ketones (excluding diaryl/α,β-unsaturated/α-hetero) is 1. The summed E-state index contributed by atoms with van der Waals surface area (Å²) < 4.78 is 29.4. The molecule has 9 atom stereocenters. The van der Waals surface area contributed by atoms with Crippen LogP contribution in [0, 0.1) is 17.8 Å². The second-order valence-corrected chi connectivity index (χ2v) is 20.4. The highest BCUT2D eigenvalue weighted by molar-refractivity contribution is 8.00. The van der Waals surface area contributed by atoms with E-state index in [2.05, 4.69) is 5.32 Å². The topological polar surface area (TPSA) is 191 Å². The number of likely N-dealkylation sites (N-methyl/N-ethyl adjacent to an activating group) is 1. The highest BCUT2D eigenvalue weighted by Gasteiger charge is 2.54. The van der Waals surface area contributed by atoms with Crippen LogP contribution < -0.4 is 15.0 Å². The fourth-order valence-corrected chi connectivity index (χ4v) is 11.0. The van der Waals surface area contributed by atoms with E-state index in [0.29, 0.717) is 43.0 Å². The molecular formula is C49H67ClN4O12S. The molecule has 6 rings (SSSR count). The minimum atomic E-state index is -1.09. The van der Waals surface area contributed by atoms with Crippen molar-refractivity contribution < 1.29 is 57.2 Å². The largest absolute Gasteiger partial charge is 0.495 e. The van der Waals surface area contributed by atoms with E-state index in [-0.39, 0.29) is 65.5 Å². The number of esters is 1. The normalized spacial score (nSPS) is 30.9. The second kappa shape index (κ2) is 23.2. The van der Waals surface area contributed by atoms with E-state index in [4.69, 9.17) is 35.3 Å². The van der Waals surface area contributed by atoms with Gasteiger partial charge in [0.05, 0.1) is 42.7 Å². The molecule has 18 heteroatoms. The van der Waals surface area contributed by atoms with Crippen molar-refractivity contribution in [2.75, 3.05) is 45.5 Å². The number of anilines is 1. The Labute approximate surface area is 403 Å². The van der Waals surface area contributed by atoms with Gasteiger partial charge in [0.1, 0.15) is 40.9 Å². The Morgan fingerprint density at radius 3 is 2.45 bits per heavy atom. The predicted octanol–water partition coefficient (Wildman–Crippen LogP) is 6.23. The fourth-order valence-electron chi connectivity index (χ4n) is 9.61. The van der Waals surface area contributed by atoms with Gasteiger partial charge in [0, 0.05) is 71.0 Å². The van der Waals surface area contributed by atoms with Gasteiger partial charge in [0.2, 0.25) is 23.6 Å². The molecule has 4 fully saturated rings. The van der Waals surface area contributed by atoms with Gasteiger partial charge in [0.15, 0.2) is 0 Å². The fraction of sp³-hybridized carbons (Fsp3) is 0.653. The Kier molecular flexibility index (Phi) is 18.0. The van der Waals surface area contributed by atoms with Crippen LogP contribution in [-0.4, -0.2) is 140 Å². The number of halogens is 1. The number of ether oxygens (including phenoxy) is 5. The third kappa shape index (κ3) is 12.8. The zero-order valence-corrected chi connectivity index (χ0v) is 41.5. The molecule has 3 saturated heterocycles. The van der Waals surface area contributed by atoms with E-state index in [1.807, 2.05) is 51.1 Å². The molecule has 4 bridgehead atoms. The molecule has 368 valence electrons. The Morgan fingerprint density at radius 2 is 1.76 bits per heavy atom. The van der Waals surface area contributed by atoms with Gasteiger partial charge >= 0.3 is 12.1 Å². The molecule has 0 aromatic heterocycles. The summed E-state index contributed by atoms with van der Waals surface area (Å²) in [4.78, 5) is 97.2. The standard InChI is InChI=1S/C49H67ClN4O12S/c1-9-11-35(55)32-16-14-30(15-17-32)26-54-43(58)25-40(47(54)59)67-19-18-41(56)52(5)29(4)48(60)64-39-24-42(57)53(6)34-21-31(22-38(63-8)44(34)50)20-27(2)12-10-13-36(62-7)33-23-37(65-49(61)51-33)28(3)45-46(39)66-45/h10,12-13,21-22,28-30,32-33,36-37,39-40,45-46H,9,11,14-20,23-26H2,1-8H3,(H,51,61)/b13-10+,27-12+/t28-,29+,30?,32?,33?,36-,37+,39+,40?,45+,46+/m1/s1. The van der Waals surface area contributed by atoms with Crippen LogP contribution in [0.5, 0.6) is 5.75 Å². The van der Waals surface area contributed by atoms with Gasteiger partial charge in [-0.15, -0.1) is 11.8 Å². The van der Waals surface area contributed by atoms with E-state index >= 15 is 0 Å². The molecular weight excluding hydrogens is 904 g/mol. The monoisotopic (exact) mass is 970 g/mol. The zero-order valence-electron chi connectivity index (χ0n) is 40.0. The number of imide groups is 1. The van der Waals surface area contributed by atoms with Crippen molar-refractivity contribution in [1.29, 1.82) is 0 Å². The molecule has 1 aliphatic carbocycles. The molecule has 0 spiro atoms. The molecule has 67 heavy (non-hydrogen) atoms. The smallest absolute Gasteiger partial charge is 0.407 e. The molecule has 1 N–H and O–H groups in total. The van der Waals surface area contributed by atoms with Crippen molar-refractivity contribution in [1.82, 2.24) is 15.1 Å². The number of fused-ring (bicyclic) bond motifs is 5. The predicted molar refractivity (Wildman–Crippen MR) is 253 cm³/mol. The second-order valence-electron chi connectivity index (χ2n) is 18.7. The van der Waals surface area contributed by atoms with Crippen molar-refractivity contribution in [2.45, 2.75) is 146 Å². The summed E-state index contributed by atoms with van der Waals surface area (Å²) in [6, 6.07) is 2.15. The first-order chi connectivity index (χ1) is 31.9. The van der Waals surface area contributed by atoms with Crippen LogP contribution in [0.25, 0.3) is 0 Å². The zero-order chi connectivity index (χ0) is 48.7. The lowest BCUT2D eigenvalue weighted by atomic mass is 9.79. The number of allylic oxidation sites excluding steroid dienone is 3. The highest BCUT2D eigenvalue weighted by Crippen LogP contribution is 2.41. The van der Waals surface area contributed by atoms with Gasteiger partial charge in [-0.25, -0.2) is 9.59 Å². The van der Waals surface area contributed by atoms with Gasteiger partial charge in [-0.05, 0) is 76.0 Å². The lowest BCUT2D eigenvalue weighted by Crippen LogP contribution is -2.53. The lowest BCUT2D eigenvalue weighted by molar-refractivity contribution is -0.159. The number of carbonyl (C=O) groups excluding carboxylic acids is 7. The van der Waals surface area contributed by atoms with Crippen LogP contribution >= 0.6 is 23.4 Å². The minimum absolute atomic E-state index is 0.00112. The summed E-state index contributed by atoms with van der Waals surface area (Å²) in [6.45, 7) is 7.74. The summed E-state index contributed by atoms with van der Waals surface area (Å²) in [7, 11) is 6.14. The molecule has 4 aliphatic heterocycles. The Morgan fingerprint density at radius 1 is 1.03 bits per heavy atom. The van der Waals surface area contributed by atoms with E-state index in [9.17, 15) is 33.6 Å². The van der Waals surface area contributed by atoms with Crippen LogP contribution in [-0.2, 0) is 54.1 Å². The number of hydrogen-bond donors (Lipinski definition) is 1. The number of alkyl carbamates (subject to hydrolysis) is 1. The summed E-state index contributed by atoms with van der Waals surface area (Å²) >= 11 is 8.05. The number of nitrogens with zero attached hydrogens (tertiary/aromatic N) is 3. The van der Waals surface area contributed by atoms with Crippen molar-refractivity contribution >= 4 is 70.5 Å². The first-order valence-corrected chi connectivity index (χ1v) is 24.9. The van der Waals surface area contributed by atoms with Crippen LogP contribution in [0.4, 0.5) is 10.5 Å². The number of methoxy groups -OCH3 is 2. The van der Waals surface area contributed by atoms with E-state index in [0.717, 1.165) is 43.2 Å². The number of carbonyl (C=O) groups is 7. The maximum Gasteiger partial charge on any atom is 0.407 e. The third-order valence-corrected chi connectivity index (χ3v) is 15.6. The van der Waals surface area contributed by atoms with Crippen molar-refractivity contribution in [2.24, 2.45) is 17.8 Å². The first kappa shape index (κ1) is 51.9. The molecule has 1 aromatic carbocycles. The highest BCUT2D eigenvalue weighted by atomic mass is 35.5. The number of benzene rings is 1. The van der Waals surface area contributed by atoms with Crippen LogP contribution in [0.3, 0.4) is 0 Å². The molecule has 16 nitrogen and oxygen atoms in total. The molecule has 1 aromatic rings. The number of ketones is 1.